The monoisotopic (exact) mass is 137 g/mol. The Morgan fingerprint density at radius 3 is 2.90 bits per heavy atom. The predicted molar refractivity (Wildman–Crippen MR) is 36.5 cm³/mol. The van der Waals surface area contributed by atoms with Crippen LogP contribution in [0.5, 0.6) is 0 Å². The number of carbonyl (C=O) groups excluding carboxylic acids is 1. The highest BCUT2D eigenvalue weighted by atomic mass is 16.1. The number of hydrogen-bond acceptors (Lipinski definition) is 1. The lowest BCUT2D eigenvalue weighted by Gasteiger charge is -1.90. The Balaban J connectivity index is 2.67. The first kappa shape index (κ1) is 6.86. The number of hydrogen-bond donors (Lipinski definition) is 0. The van der Waals surface area contributed by atoms with Crippen molar-refractivity contribution in [2.24, 2.45) is 5.11 Å². The molecular formula is C7H9N2O+. The van der Waals surface area contributed by atoms with Crippen LogP contribution in [0.4, 0.5) is 0 Å². The number of amides is 1. The Kier molecular flexibility index (Phi) is 2.10. The summed E-state index contributed by atoms with van der Waals surface area (Å²) in [5, 5.41) is 3.69. The van der Waals surface area contributed by atoms with E-state index in [4.69, 9.17) is 0 Å². The molecular weight excluding hydrogens is 128 g/mol. The topological polar surface area (TPSA) is 32.4 Å². The summed E-state index contributed by atoms with van der Waals surface area (Å²) in [5.74, 6) is -0.167. The molecule has 0 fully saturated rings. The fourth-order valence-electron chi connectivity index (χ4n) is 0.712. The third-order valence-electron chi connectivity index (χ3n) is 1.07. The molecule has 0 aromatic heterocycles. The van der Waals surface area contributed by atoms with Crippen molar-refractivity contribution in [2.75, 3.05) is 6.54 Å². The minimum absolute atomic E-state index is 0.167. The molecule has 1 rings (SSSR count). The summed E-state index contributed by atoms with van der Waals surface area (Å²) in [6, 6.07) is 0. The van der Waals surface area contributed by atoms with Crippen LogP contribution in [-0.2, 0) is 4.79 Å². The highest BCUT2D eigenvalue weighted by Gasteiger charge is 2.02. The van der Waals surface area contributed by atoms with E-state index in [9.17, 15) is 4.79 Å². The lowest BCUT2D eigenvalue weighted by Crippen LogP contribution is -2.05. The molecule has 0 aliphatic carbocycles. The maximum absolute atomic E-state index is 10.4. The Morgan fingerprint density at radius 2 is 2.40 bits per heavy atom. The Hall–Kier alpha value is -1.25. The summed E-state index contributed by atoms with van der Waals surface area (Å²) < 4.78 is 1.60. The SMILES string of the molecule is CC(=O)N=[N+]1C=CC=CC1. The van der Waals surface area contributed by atoms with Crippen molar-refractivity contribution in [1.82, 2.24) is 0 Å². The van der Waals surface area contributed by atoms with Crippen LogP contribution in [-0.4, -0.2) is 17.1 Å². The first-order valence-electron chi connectivity index (χ1n) is 3.11. The quantitative estimate of drug-likeness (QED) is 0.460. The molecule has 3 heteroatoms. The van der Waals surface area contributed by atoms with Crippen molar-refractivity contribution >= 4 is 5.91 Å². The normalized spacial score (nSPS) is 19.9. The van der Waals surface area contributed by atoms with E-state index in [1.54, 1.807) is 10.9 Å². The maximum atomic E-state index is 10.4. The van der Waals surface area contributed by atoms with Crippen LogP contribution in [0.2, 0.25) is 0 Å². The number of nitrogens with zero attached hydrogens (tertiary/aromatic N) is 2. The van der Waals surface area contributed by atoms with Crippen LogP contribution in [0.3, 0.4) is 0 Å². The van der Waals surface area contributed by atoms with E-state index < -0.39 is 0 Å². The van der Waals surface area contributed by atoms with Gasteiger partial charge in [-0.2, -0.15) is 0 Å². The fraction of sp³-hybridized carbons (Fsp3) is 0.286. The van der Waals surface area contributed by atoms with Crippen LogP contribution >= 0.6 is 0 Å². The highest BCUT2D eigenvalue weighted by molar-refractivity contribution is 5.72. The van der Waals surface area contributed by atoms with Crippen LogP contribution in [0, 0.1) is 0 Å². The van der Waals surface area contributed by atoms with Gasteiger partial charge in [-0.25, -0.2) is 0 Å². The van der Waals surface area contributed by atoms with Crippen LogP contribution in [0.1, 0.15) is 6.92 Å². The summed E-state index contributed by atoms with van der Waals surface area (Å²) in [4.78, 5) is 10.4. The van der Waals surface area contributed by atoms with Crippen molar-refractivity contribution in [3.05, 3.63) is 24.4 Å². The number of allylic oxidation sites excluding steroid dienone is 2. The smallest absolute Gasteiger partial charge is 0.267 e. The minimum atomic E-state index is -0.167. The molecule has 1 aliphatic heterocycles. The van der Waals surface area contributed by atoms with Gasteiger partial charge in [0.25, 0.3) is 0 Å². The van der Waals surface area contributed by atoms with Gasteiger partial charge < -0.3 is 0 Å². The number of carbonyl (C=O) groups is 1. The Morgan fingerprint density at radius 1 is 1.60 bits per heavy atom. The maximum Gasteiger partial charge on any atom is 0.305 e. The van der Waals surface area contributed by atoms with Gasteiger partial charge in [-0.3, -0.25) is 4.79 Å². The molecule has 52 valence electrons. The van der Waals surface area contributed by atoms with Gasteiger partial charge in [-0.05, 0) is 6.08 Å². The summed E-state index contributed by atoms with van der Waals surface area (Å²) in [7, 11) is 0. The van der Waals surface area contributed by atoms with E-state index in [0.29, 0.717) is 6.54 Å². The molecule has 1 aliphatic rings. The van der Waals surface area contributed by atoms with Gasteiger partial charge in [0.1, 0.15) is 0 Å². The fourth-order valence-corrected chi connectivity index (χ4v) is 0.712. The molecule has 3 nitrogen and oxygen atoms in total. The average Bonchev–Trinajstić information content (AvgIpc) is 1.88. The molecule has 0 aromatic carbocycles. The van der Waals surface area contributed by atoms with Gasteiger partial charge in [0.15, 0.2) is 12.7 Å². The van der Waals surface area contributed by atoms with E-state index in [0.717, 1.165) is 0 Å². The van der Waals surface area contributed by atoms with Crippen molar-refractivity contribution in [3.63, 3.8) is 0 Å². The van der Waals surface area contributed by atoms with Crippen LogP contribution < -0.4 is 0 Å². The van der Waals surface area contributed by atoms with E-state index in [1.165, 1.54) is 6.92 Å². The van der Waals surface area contributed by atoms with Gasteiger partial charge in [-0.1, -0.05) is 10.8 Å². The zero-order valence-corrected chi connectivity index (χ0v) is 5.82. The molecule has 0 unspecified atom stereocenters. The second-order valence-corrected chi connectivity index (χ2v) is 2.01. The Labute approximate surface area is 59.4 Å². The van der Waals surface area contributed by atoms with E-state index in [-0.39, 0.29) is 5.91 Å². The van der Waals surface area contributed by atoms with Crippen molar-refractivity contribution < 1.29 is 9.49 Å². The second-order valence-electron chi connectivity index (χ2n) is 2.01. The van der Waals surface area contributed by atoms with Crippen LogP contribution in [0.15, 0.2) is 29.5 Å². The first-order chi connectivity index (χ1) is 4.79. The van der Waals surface area contributed by atoms with Crippen molar-refractivity contribution in [1.29, 1.82) is 0 Å². The Bertz CT molecular complexity index is 226. The molecule has 0 radical (unpaired) electrons. The molecule has 10 heavy (non-hydrogen) atoms. The molecule has 0 N–H and O–H groups in total. The van der Waals surface area contributed by atoms with E-state index in [1.807, 2.05) is 18.2 Å². The lowest BCUT2D eigenvalue weighted by atomic mass is 10.4. The molecule has 0 atom stereocenters. The highest BCUT2D eigenvalue weighted by Crippen LogP contribution is 1.91. The summed E-state index contributed by atoms with van der Waals surface area (Å²) >= 11 is 0. The summed E-state index contributed by atoms with van der Waals surface area (Å²) in [6.45, 7) is 2.13. The molecule has 1 amide bonds. The predicted octanol–water partition coefficient (Wildman–Crippen LogP) is 1.08. The molecule has 0 saturated carbocycles. The number of rotatable bonds is 0. The third-order valence-corrected chi connectivity index (χ3v) is 1.07. The standard InChI is InChI=1S/C7H9N2O/c1-7(10)8-9-5-3-2-4-6-9/h2-5H,6H2,1H3/q+1. The molecule has 0 aromatic rings. The molecule has 0 bridgehead atoms. The average molecular weight is 137 g/mol. The van der Waals surface area contributed by atoms with Gasteiger partial charge in [0, 0.05) is 18.1 Å². The summed E-state index contributed by atoms with van der Waals surface area (Å²) in [5.41, 5.74) is 0. The largest absolute Gasteiger partial charge is 0.305 e. The zero-order chi connectivity index (χ0) is 7.40. The number of azo groups is 2. The molecule has 0 spiro atoms. The van der Waals surface area contributed by atoms with Gasteiger partial charge in [0.05, 0.1) is 0 Å². The minimum Gasteiger partial charge on any atom is -0.267 e. The second kappa shape index (κ2) is 3.06. The van der Waals surface area contributed by atoms with Gasteiger partial charge >= 0.3 is 5.91 Å². The first-order valence-corrected chi connectivity index (χ1v) is 3.11. The van der Waals surface area contributed by atoms with Crippen molar-refractivity contribution in [3.8, 4) is 0 Å². The molecule has 1 heterocycles. The molecule has 0 saturated heterocycles. The lowest BCUT2D eigenvalue weighted by molar-refractivity contribution is -0.514. The third kappa shape index (κ3) is 1.93. The van der Waals surface area contributed by atoms with Crippen LogP contribution in [0.25, 0.3) is 0 Å². The van der Waals surface area contributed by atoms with Crippen molar-refractivity contribution in [2.45, 2.75) is 6.92 Å². The van der Waals surface area contributed by atoms with Gasteiger partial charge in [-0.15, -0.1) is 0 Å². The van der Waals surface area contributed by atoms with E-state index in [2.05, 4.69) is 5.11 Å². The van der Waals surface area contributed by atoms with E-state index >= 15 is 0 Å². The summed E-state index contributed by atoms with van der Waals surface area (Å²) in [6.07, 6.45) is 7.47. The van der Waals surface area contributed by atoms with Gasteiger partial charge in [0.2, 0.25) is 0 Å². The zero-order valence-electron chi connectivity index (χ0n) is 5.82.